The molecule has 0 aliphatic carbocycles. The van der Waals surface area contributed by atoms with E-state index in [-0.39, 0.29) is 19.8 Å². The van der Waals surface area contributed by atoms with E-state index in [1.807, 2.05) is 121 Å². The number of benzene rings is 4. The molecule has 4 aromatic carbocycles. The van der Waals surface area contributed by atoms with Gasteiger partial charge in [0.25, 0.3) is 0 Å². The van der Waals surface area contributed by atoms with E-state index < -0.39 is 95.8 Å². The highest BCUT2D eigenvalue weighted by Gasteiger charge is 2.55. The van der Waals surface area contributed by atoms with E-state index in [0.29, 0.717) is 6.61 Å². The van der Waals surface area contributed by atoms with Gasteiger partial charge in [0, 0.05) is 11.8 Å². The smallest absolute Gasteiger partial charge is 0.311 e. The van der Waals surface area contributed by atoms with E-state index in [4.69, 9.17) is 37.9 Å². The number of rotatable bonds is 18. The minimum atomic E-state index is -1.59. The van der Waals surface area contributed by atoms with Gasteiger partial charge < -0.3 is 48.3 Å². The molecular weight excluding hydrogens is 851 g/mol. The summed E-state index contributed by atoms with van der Waals surface area (Å²) in [7, 11) is 0. The van der Waals surface area contributed by atoms with E-state index in [9.17, 15) is 19.5 Å². The predicted octanol–water partition coefficient (Wildman–Crippen LogP) is 7.41. The van der Waals surface area contributed by atoms with Crippen LogP contribution in [-0.2, 0) is 72.1 Å². The number of carbonyl (C=O) groups is 3. The van der Waals surface area contributed by atoms with Crippen molar-refractivity contribution in [2.24, 2.45) is 10.8 Å². The lowest BCUT2D eigenvalue weighted by atomic mass is 9.93. The van der Waals surface area contributed by atoms with Crippen molar-refractivity contribution in [3.63, 3.8) is 0 Å². The number of aliphatic hydroxyl groups excluding tert-OH is 1. The van der Waals surface area contributed by atoms with Crippen LogP contribution in [-0.4, -0.2) is 96.7 Å². The van der Waals surface area contributed by atoms with Crippen LogP contribution in [0.1, 0.15) is 65.2 Å². The van der Waals surface area contributed by atoms with Crippen LogP contribution in [0.3, 0.4) is 0 Å². The molecule has 0 spiro atoms. The first-order valence-electron chi connectivity index (χ1n) is 22.0. The largest absolute Gasteiger partial charge is 0.462 e. The molecule has 14 heteroatoms. The molecule has 0 bridgehead atoms. The first-order valence-corrected chi connectivity index (χ1v) is 22.9. The van der Waals surface area contributed by atoms with Crippen molar-refractivity contribution >= 4 is 29.6 Å². The van der Waals surface area contributed by atoms with Gasteiger partial charge in [0.15, 0.2) is 12.4 Å². The van der Waals surface area contributed by atoms with Crippen LogP contribution in [0.15, 0.2) is 126 Å². The number of hydrogen-bond acceptors (Lipinski definition) is 13. The lowest BCUT2D eigenvalue weighted by molar-refractivity contribution is -0.327. The molecule has 10 atom stereocenters. The number of thioether (sulfide) groups is 1. The SMILES string of the molecule is CC(=O)N[C@H]1C(O[C@@H]2[C@@H](OCc3ccccc3)[C@@H](Sc3ccccc3)O[C@H](COCc3ccccc3)[C@H]2OCc2ccccc2)O[C@H](COC(=O)C(C)(C)C)[C@H](OC(=O)C(C)(C)C)[C@@H]1O. The predicted molar refractivity (Wildman–Crippen MR) is 244 cm³/mol. The summed E-state index contributed by atoms with van der Waals surface area (Å²) in [5, 5.41) is 15.0. The lowest BCUT2D eigenvalue weighted by Crippen LogP contribution is -2.68. The molecule has 1 unspecified atom stereocenters. The first kappa shape index (κ1) is 49.8. The molecule has 2 N–H and O–H groups in total. The fourth-order valence-corrected chi connectivity index (χ4v) is 8.36. The normalized spacial score (nSPS) is 25.9. The molecule has 65 heavy (non-hydrogen) atoms. The highest BCUT2D eigenvalue weighted by molar-refractivity contribution is 7.99. The van der Waals surface area contributed by atoms with Gasteiger partial charge in [-0.05, 0) is 70.4 Å². The van der Waals surface area contributed by atoms with Crippen LogP contribution >= 0.6 is 11.8 Å². The van der Waals surface area contributed by atoms with Gasteiger partial charge in [0.2, 0.25) is 5.91 Å². The summed E-state index contributed by atoms with van der Waals surface area (Å²) in [6, 6.07) is 37.7. The van der Waals surface area contributed by atoms with Gasteiger partial charge in [-0.15, -0.1) is 0 Å². The average Bonchev–Trinajstić information content (AvgIpc) is 3.28. The summed E-state index contributed by atoms with van der Waals surface area (Å²) in [6.45, 7) is 11.8. The molecule has 1 amide bonds. The number of amides is 1. The number of nitrogens with one attached hydrogen (secondary N) is 1. The Labute approximate surface area is 386 Å². The van der Waals surface area contributed by atoms with E-state index >= 15 is 0 Å². The Morgan fingerprint density at radius 1 is 0.615 bits per heavy atom. The third kappa shape index (κ3) is 14.4. The Balaban J connectivity index is 1.43. The van der Waals surface area contributed by atoms with Crippen LogP contribution in [0.4, 0.5) is 0 Å². The zero-order valence-electron chi connectivity index (χ0n) is 38.2. The summed E-state index contributed by atoms with van der Waals surface area (Å²) in [5.74, 6) is -1.68. The standard InChI is InChI=1S/C51H63NO12S/c1-33(53)52-40-41(54)42(64-49(56)51(5,6)7)39(32-60-48(55)50(2,3)4)61-46(40)63-44-43(58-29-35-22-14-9-15-23-35)38(31-57-28-34-20-12-8-13-21-34)62-47(65-37-26-18-11-19-27-37)45(44)59-30-36-24-16-10-17-25-36/h8-27,38-47,54H,28-32H2,1-7H3,(H,52,53)/t38-,39-,40-,41-,42+,43-,44+,45-,46?,47-/m1/s1. The molecule has 0 aromatic heterocycles. The van der Waals surface area contributed by atoms with Crippen molar-refractivity contribution in [2.45, 2.75) is 134 Å². The Morgan fingerprint density at radius 3 is 1.63 bits per heavy atom. The van der Waals surface area contributed by atoms with Gasteiger partial charge in [-0.2, -0.15) is 0 Å². The molecule has 0 saturated carbocycles. The minimum Gasteiger partial charge on any atom is -0.462 e. The Bertz CT molecular complexity index is 2080. The maximum absolute atomic E-state index is 13.4. The zero-order valence-corrected chi connectivity index (χ0v) is 39.0. The molecule has 350 valence electrons. The number of carbonyl (C=O) groups excluding carboxylic acids is 3. The van der Waals surface area contributed by atoms with Crippen molar-refractivity contribution in [3.8, 4) is 0 Å². The quantitative estimate of drug-likeness (QED) is 0.0953. The fraction of sp³-hybridized carbons (Fsp3) is 0.471. The fourth-order valence-electron chi connectivity index (χ4n) is 7.21. The molecule has 2 heterocycles. The highest BCUT2D eigenvalue weighted by atomic mass is 32.2. The van der Waals surface area contributed by atoms with Crippen LogP contribution in [0.2, 0.25) is 0 Å². The summed E-state index contributed by atoms with van der Waals surface area (Å²) in [4.78, 5) is 40.5. The second kappa shape index (κ2) is 23.2. The summed E-state index contributed by atoms with van der Waals surface area (Å²) in [6.07, 6.45) is -9.18. The van der Waals surface area contributed by atoms with Crippen molar-refractivity contribution in [2.75, 3.05) is 13.2 Å². The van der Waals surface area contributed by atoms with E-state index in [1.165, 1.54) is 18.7 Å². The van der Waals surface area contributed by atoms with E-state index in [0.717, 1.165) is 21.6 Å². The van der Waals surface area contributed by atoms with Crippen LogP contribution in [0.5, 0.6) is 0 Å². The summed E-state index contributed by atoms with van der Waals surface area (Å²) in [5.41, 5.74) is 0.194. The number of hydrogen-bond donors (Lipinski definition) is 2. The van der Waals surface area contributed by atoms with Crippen molar-refractivity contribution in [3.05, 3.63) is 138 Å². The Kier molecular flexibility index (Phi) is 17.8. The van der Waals surface area contributed by atoms with Gasteiger partial charge in [-0.1, -0.05) is 121 Å². The molecule has 13 nitrogen and oxygen atoms in total. The van der Waals surface area contributed by atoms with Gasteiger partial charge in [0.1, 0.15) is 54.7 Å². The average molecular weight is 914 g/mol. The van der Waals surface area contributed by atoms with Crippen molar-refractivity contribution in [1.29, 1.82) is 0 Å². The molecule has 2 aliphatic heterocycles. The highest BCUT2D eigenvalue weighted by Crippen LogP contribution is 2.40. The molecule has 2 aliphatic rings. The molecule has 2 fully saturated rings. The molecular formula is C51H63NO12S. The topological polar surface area (TPSA) is 157 Å². The monoisotopic (exact) mass is 913 g/mol. The van der Waals surface area contributed by atoms with Gasteiger partial charge >= 0.3 is 11.9 Å². The van der Waals surface area contributed by atoms with Crippen LogP contribution in [0.25, 0.3) is 0 Å². The number of ether oxygens (including phenoxy) is 8. The van der Waals surface area contributed by atoms with E-state index in [2.05, 4.69) is 5.32 Å². The van der Waals surface area contributed by atoms with Crippen LogP contribution < -0.4 is 5.32 Å². The maximum atomic E-state index is 13.4. The molecule has 2 saturated heterocycles. The van der Waals surface area contributed by atoms with Gasteiger partial charge in [-0.25, -0.2) is 0 Å². The van der Waals surface area contributed by atoms with Gasteiger partial charge in [0.05, 0.1) is 37.3 Å². The minimum absolute atomic E-state index is 0.0882. The Morgan fingerprint density at radius 2 is 1.11 bits per heavy atom. The summed E-state index contributed by atoms with van der Waals surface area (Å²) < 4.78 is 52.6. The molecule has 4 aromatic rings. The first-order chi connectivity index (χ1) is 31.1. The molecule has 0 radical (unpaired) electrons. The van der Waals surface area contributed by atoms with E-state index in [1.54, 1.807) is 41.5 Å². The zero-order chi connectivity index (χ0) is 46.6. The third-order valence-electron chi connectivity index (χ3n) is 10.7. The van der Waals surface area contributed by atoms with Gasteiger partial charge in [-0.3, -0.25) is 14.4 Å². The number of esters is 2. The summed E-state index contributed by atoms with van der Waals surface area (Å²) >= 11 is 1.45. The maximum Gasteiger partial charge on any atom is 0.311 e. The van der Waals surface area contributed by atoms with Crippen molar-refractivity contribution in [1.82, 2.24) is 5.32 Å². The Hall–Kier alpha value is -4.64. The second-order valence-electron chi connectivity index (χ2n) is 18.3. The lowest BCUT2D eigenvalue weighted by Gasteiger charge is -2.50. The van der Waals surface area contributed by atoms with Crippen LogP contribution in [0, 0.1) is 10.8 Å². The van der Waals surface area contributed by atoms with Crippen molar-refractivity contribution < 1.29 is 57.4 Å². The second-order valence-corrected chi connectivity index (χ2v) is 19.5. The number of aliphatic hydroxyl groups is 1. The molecule has 6 rings (SSSR count). The third-order valence-corrected chi connectivity index (χ3v) is 11.9.